The molecule has 72 valence electrons. The van der Waals surface area contributed by atoms with Crippen LogP contribution in [0.4, 0.5) is 0 Å². The summed E-state index contributed by atoms with van der Waals surface area (Å²) in [5.41, 5.74) is 0. The SMILES string of the molecule is C[C@@H]1O[C@H](COP)[C@H](ON)C1O. The van der Waals surface area contributed by atoms with Gasteiger partial charge in [0.05, 0.1) is 12.7 Å². The maximum Gasteiger partial charge on any atom is 0.135 e. The Morgan fingerprint density at radius 3 is 2.83 bits per heavy atom. The van der Waals surface area contributed by atoms with Gasteiger partial charge in [-0.2, -0.15) is 0 Å². The number of aliphatic hydroxyl groups excluding tert-OH is 1. The van der Waals surface area contributed by atoms with Gasteiger partial charge in [0.25, 0.3) is 0 Å². The molecule has 5 nitrogen and oxygen atoms in total. The van der Waals surface area contributed by atoms with Crippen LogP contribution in [0.3, 0.4) is 0 Å². The van der Waals surface area contributed by atoms with Gasteiger partial charge in [-0.3, -0.25) is 4.84 Å². The van der Waals surface area contributed by atoms with Crippen LogP contribution in [0.15, 0.2) is 0 Å². The molecule has 0 aromatic carbocycles. The summed E-state index contributed by atoms with van der Waals surface area (Å²) >= 11 is 0. The van der Waals surface area contributed by atoms with Gasteiger partial charge in [0.1, 0.15) is 18.3 Å². The second-order valence-corrected chi connectivity index (χ2v) is 3.14. The number of nitrogens with two attached hydrogens (primary N) is 1. The van der Waals surface area contributed by atoms with Crippen molar-refractivity contribution in [1.29, 1.82) is 0 Å². The van der Waals surface area contributed by atoms with E-state index in [2.05, 4.69) is 14.3 Å². The molecule has 6 heteroatoms. The largest absolute Gasteiger partial charge is 0.388 e. The molecule has 0 saturated carbocycles. The van der Waals surface area contributed by atoms with E-state index >= 15 is 0 Å². The molecule has 1 fully saturated rings. The Hall–Kier alpha value is 0.230. The fourth-order valence-corrected chi connectivity index (χ4v) is 1.51. The number of rotatable bonds is 3. The fourth-order valence-electron chi connectivity index (χ4n) is 1.32. The standard InChI is InChI=1S/C6H14NO4P/c1-3-5(8)6(11-7)4(10-3)2-9-12/h3-6,8H,2,7,12H2,1H3/t3-,4+,5?,6-/m0/s1. The first-order chi connectivity index (χ1) is 5.70. The lowest BCUT2D eigenvalue weighted by molar-refractivity contribution is -0.0500. The third-order valence-electron chi connectivity index (χ3n) is 1.99. The van der Waals surface area contributed by atoms with Crippen LogP contribution < -0.4 is 5.90 Å². The fraction of sp³-hybridized carbons (Fsp3) is 1.00. The van der Waals surface area contributed by atoms with Crippen LogP contribution in [0.2, 0.25) is 0 Å². The van der Waals surface area contributed by atoms with Gasteiger partial charge < -0.3 is 14.4 Å². The third kappa shape index (κ3) is 1.93. The Morgan fingerprint density at radius 2 is 2.33 bits per heavy atom. The predicted octanol–water partition coefficient (Wildman–Crippen LogP) is -0.800. The maximum absolute atomic E-state index is 9.46. The lowest BCUT2D eigenvalue weighted by Gasteiger charge is -2.16. The molecule has 0 aliphatic carbocycles. The molecule has 0 spiro atoms. The number of aliphatic hydroxyl groups is 1. The van der Waals surface area contributed by atoms with Gasteiger partial charge in [0.2, 0.25) is 0 Å². The molecule has 2 unspecified atom stereocenters. The summed E-state index contributed by atoms with van der Waals surface area (Å²) in [6.45, 7) is 2.10. The first-order valence-corrected chi connectivity index (χ1v) is 4.18. The van der Waals surface area contributed by atoms with E-state index in [1.165, 1.54) is 0 Å². The predicted molar refractivity (Wildman–Crippen MR) is 45.1 cm³/mol. The lowest BCUT2D eigenvalue weighted by Crippen LogP contribution is -2.38. The van der Waals surface area contributed by atoms with Gasteiger partial charge in [-0.25, -0.2) is 5.90 Å². The highest BCUT2D eigenvalue weighted by atomic mass is 31.0. The van der Waals surface area contributed by atoms with Crippen molar-refractivity contribution < 1.29 is 19.2 Å². The van der Waals surface area contributed by atoms with Gasteiger partial charge >= 0.3 is 0 Å². The quantitative estimate of drug-likeness (QED) is 0.455. The topological polar surface area (TPSA) is 73.9 Å². The van der Waals surface area contributed by atoms with Crippen molar-refractivity contribution in [2.24, 2.45) is 5.90 Å². The molecule has 0 aromatic rings. The Bertz CT molecular complexity index is 148. The summed E-state index contributed by atoms with van der Waals surface area (Å²) in [6.07, 6.45) is -1.73. The smallest absolute Gasteiger partial charge is 0.135 e. The highest BCUT2D eigenvalue weighted by molar-refractivity contribution is 7.09. The minimum absolute atomic E-state index is 0.260. The van der Waals surface area contributed by atoms with Gasteiger partial charge in [0.15, 0.2) is 0 Å². The molecule has 0 aromatic heterocycles. The molecule has 1 saturated heterocycles. The van der Waals surface area contributed by atoms with Crippen LogP contribution in [0, 0.1) is 0 Å². The first-order valence-electron chi connectivity index (χ1n) is 3.71. The van der Waals surface area contributed by atoms with Crippen molar-refractivity contribution in [3.05, 3.63) is 0 Å². The average molecular weight is 195 g/mol. The van der Waals surface area contributed by atoms with E-state index in [1.807, 2.05) is 0 Å². The van der Waals surface area contributed by atoms with Crippen LogP contribution in [0.5, 0.6) is 0 Å². The molecule has 1 rings (SSSR count). The van der Waals surface area contributed by atoms with Gasteiger partial charge in [-0.15, -0.1) is 0 Å². The highest BCUT2D eigenvalue weighted by Gasteiger charge is 2.42. The van der Waals surface area contributed by atoms with Crippen molar-refractivity contribution in [2.45, 2.75) is 31.3 Å². The van der Waals surface area contributed by atoms with Crippen molar-refractivity contribution in [1.82, 2.24) is 0 Å². The minimum atomic E-state index is -0.680. The molecule has 0 bridgehead atoms. The summed E-state index contributed by atoms with van der Waals surface area (Å²) in [6, 6.07) is 0. The highest BCUT2D eigenvalue weighted by Crippen LogP contribution is 2.23. The van der Waals surface area contributed by atoms with Crippen molar-refractivity contribution in [3.63, 3.8) is 0 Å². The zero-order valence-corrected chi connectivity index (χ0v) is 8.00. The van der Waals surface area contributed by atoms with E-state index in [1.54, 1.807) is 6.92 Å². The van der Waals surface area contributed by atoms with Crippen LogP contribution in [-0.4, -0.2) is 36.1 Å². The second-order valence-electron chi connectivity index (χ2n) is 2.80. The summed E-state index contributed by atoms with van der Waals surface area (Å²) < 4.78 is 10.1. The Morgan fingerprint density at radius 1 is 1.67 bits per heavy atom. The Balaban J connectivity index is 2.52. The number of hydrogen-bond acceptors (Lipinski definition) is 5. The molecule has 1 aliphatic heterocycles. The summed E-state index contributed by atoms with van der Waals surface area (Å²) in [4.78, 5) is 4.59. The second kappa shape index (κ2) is 4.46. The van der Waals surface area contributed by atoms with Crippen LogP contribution >= 0.6 is 9.47 Å². The van der Waals surface area contributed by atoms with Crippen molar-refractivity contribution in [3.8, 4) is 0 Å². The molecule has 0 radical (unpaired) electrons. The summed E-state index contributed by atoms with van der Waals surface area (Å²) in [7, 11) is 2.11. The average Bonchev–Trinajstić information content (AvgIpc) is 2.29. The summed E-state index contributed by atoms with van der Waals surface area (Å²) in [5.74, 6) is 5.00. The van der Waals surface area contributed by atoms with Crippen LogP contribution in [-0.2, 0) is 14.1 Å². The molecule has 0 amide bonds. The van der Waals surface area contributed by atoms with Crippen LogP contribution in [0.25, 0.3) is 0 Å². The molecule has 5 atom stereocenters. The molecular weight excluding hydrogens is 181 g/mol. The van der Waals surface area contributed by atoms with Gasteiger partial charge in [-0.05, 0) is 6.92 Å². The maximum atomic E-state index is 9.46. The monoisotopic (exact) mass is 195 g/mol. The summed E-state index contributed by atoms with van der Waals surface area (Å²) in [5, 5.41) is 9.46. The van der Waals surface area contributed by atoms with Crippen molar-refractivity contribution >= 4 is 9.47 Å². The van der Waals surface area contributed by atoms with Crippen LogP contribution in [0.1, 0.15) is 6.92 Å². The van der Waals surface area contributed by atoms with E-state index in [9.17, 15) is 5.11 Å². The van der Waals surface area contributed by atoms with E-state index in [0.29, 0.717) is 6.61 Å². The van der Waals surface area contributed by atoms with E-state index < -0.39 is 12.2 Å². The molecule has 3 N–H and O–H groups in total. The van der Waals surface area contributed by atoms with E-state index in [-0.39, 0.29) is 12.2 Å². The molecule has 12 heavy (non-hydrogen) atoms. The first kappa shape index (κ1) is 10.3. The zero-order valence-electron chi connectivity index (χ0n) is 6.84. The van der Waals surface area contributed by atoms with Crippen molar-refractivity contribution in [2.75, 3.05) is 6.61 Å². The molecular formula is C6H14NO4P. The van der Waals surface area contributed by atoms with E-state index in [4.69, 9.17) is 15.2 Å². The minimum Gasteiger partial charge on any atom is -0.388 e. The Kier molecular flexibility index (Phi) is 3.83. The third-order valence-corrected chi connectivity index (χ3v) is 2.18. The Labute approximate surface area is 73.4 Å². The normalized spacial score (nSPS) is 42.0. The molecule has 1 aliphatic rings. The lowest BCUT2D eigenvalue weighted by atomic mass is 10.1. The van der Waals surface area contributed by atoms with E-state index in [0.717, 1.165) is 0 Å². The number of ether oxygens (including phenoxy) is 1. The number of hydrogen-bond donors (Lipinski definition) is 2. The van der Waals surface area contributed by atoms with Gasteiger partial charge in [-0.1, -0.05) is 0 Å². The zero-order chi connectivity index (χ0) is 9.14. The van der Waals surface area contributed by atoms with Gasteiger partial charge in [0, 0.05) is 9.47 Å². The molecule has 1 heterocycles.